The van der Waals surface area contributed by atoms with Gasteiger partial charge in [0.2, 0.25) is 5.95 Å². The van der Waals surface area contributed by atoms with E-state index in [-0.39, 0.29) is 12.0 Å². The van der Waals surface area contributed by atoms with Gasteiger partial charge in [-0.25, -0.2) is 15.0 Å². The molecule has 33 heavy (non-hydrogen) atoms. The molecule has 1 aliphatic rings. The van der Waals surface area contributed by atoms with Crippen LogP contribution in [0.1, 0.15) is 31.3 Å². The highest BCUT2D eigenvalue weighted by Crippen LogP contribution is 2.32. The highest BCUT2D eigenvalue weighted by atomic mass is 32.1. The van der Waals surface area contributed by atoms with E-state index >= 15 is 0 Å². The van der Waals surface area contributed by atoms with E-state index in [9.17, 15) is 0 Å². The molecule has 0 unspecified atom stereocenters. The number of benzene rings is 1. The molecule has 0 amide bonds. The number of anilines is 3. The molecule has 2 atom stereocenters. The first-order chi connectivity index (χ1) is 16.0. The number of nitrogens with one attached hydrogen (secondary N) is 2. The Morgan fingerprint density at radius 1 is 1.21 bits per heavy atom. The number of nitrogen functional groups attached to an aromatic ring is 1. The molecule has 4 N–H and O–H groups in total. The third-order valence-corrected chi connectivity index (χ3v) is 6.85. The van der Waals surface area contributed by atoms with Gasteiger partial charge in [-0.15, -0.1) is 11.3 Å². The average molecular weight is 462 g/mol. The van der Waals surface area contributed by atoms with Gasteiger partial charge in [0.25, 0.3) is 0 Å². The number of aromatic nitrogens is 5. The molecule has 9 nitrogen and oxygen atoms in total. The number of rotatable bonds is 5. The van der Waals surface area contributed by atoms with Crippen molar-refractivity contribution in [3.8, 4) is 11.4 Å². The summed E-state index contributed by atoms with van der Waals surface area (Å²) in [6.07, 6.45) is 1.93. The Balaban J connectivity index is 1.55. The van der Waals surface area contributed by atoms with E-state index in [0.29, 0.717) is 23.5 Å². The lowest BCUT2D eigenvalue weighted by Gasteiger charge is -2.38. The summed E-state index contributed by atoms with van der Waals surface area (Å²) in [7, 11) is 0. The van der Waals surface area contributed by atoms with Gasteiger partial charge in [-0.1, -0.05) is 0 Å². The predicted octanol–water partition coefficient (Wildman–Crippen LogP) is 3.53. The largest absolute Gasteiger partial charge is 0.368 e. The Kier molecular flexibility index (Phi) is 5.88. The van der Waals surface area contributed by atoms with Crippen molar-refractivity contribution in [3.63, 3.8) is 0 Å². The number of fused-ring (bicyclic) bond motifs is 1. The number of pyridine rings is 1. The number of aryl methyl sites for hydroxylation is 1. The second-order valence-corrected chi connectivity index (χ2v) is 9.24. The van der Waals surface area contributed by atoms with Crippen molar-refractivity contribution >= 4 is 39.0 Å². The van der Waals surface area contributed by atoms with Gasteiger partial charge in [0, 0.05) is 43.6 Å². The van der Waals surface area contributed by atoms with Crippen molar-refractivity contribution in [1.29, 1.82) is 0 Å². The lowest BCUT2D eigenvalue weighted by atomic mass is 10.0. The number of nitrogens with two attached hydrogens (primary N) is 1. The van der Waals surface area contributed by atoms with Gasteiger partial charge < -0.3 is 16.4 Å². The van der Waals surface area contributed by atoms with E-state index in [1.807, 2.05) is 30.8 Å². The summed E-state index contributed by atoms with van der Waals surface area (Å²) in [5, 5.41) is 6.89. The van der Waals surface area contributed by atoms with E-state index in [0.717, 1.165) is 46.7 Å². The Morgan fingerprint density at radius 2 is 2.09 bits per heavy atom. The average Bonchev–Trinajstić information content (AvgIpc) is 3.26. The van der Waals surface area contributed by atoms with Crippen LogP contribution in [0, 0.1) is 6.92 Å². The minimum atomic E-state index is 0.196. The second kappa shape index (κ2) is 8.97. The quantitative estimate of drug-likeness (QED) is 0.410. The predicted molar refractivity (Wildman–Crippen MR) is 133 cm³/mol. The first-order valence-corrected chi connectivity index (χ1v) is 11.9. The van der Waals surface area contributed by atoms with Crippen LogP contribution >= 0.6 is 11.3 Å². The van der Waals surface area contributed by atoms with Crippen molar-refractivity contribution in [1.82, 2.24) is 35.1 Å². The second-order valence-electron chi connectivity index (χ2n) is 8.36. The minimum Gasteiger partial charge on any atom is -0.368 e. The SMILES string of the molecule is Cc1nc(N)nc(-c2cc([C@@H](C)N3CCNC[C@@H]3C)cnc2Nc2ccc3scnc3c2)n1. The number of nitrogens with zero attached hydrogens (tertiary/aromatic N) is 6. The monoisotopic (exact) mass is 461 g/mol. The molecule has 5 rings (SSSR count). The molecule has 1 aliphatic heterocycles. The van der Waals surface area contributed by atoms with Crippen LogP contribution in [0.4, 0.5) is 17.5 Å². The molecule has 1 saturated heterocycles. The summed E-state index contributed by atoms with van der Waals surface area (Å²) in [6.45, 7) is 9.23. The molecule has 0 radical (unpaired) electrons. The molecule has 4 aromatic rings. The third kappa shape index (κ3) is 4.50. The maximum atomic E-state index is 5.96. The molecule has 0 bridgehead atoms. The first-order valence-electron chi connectivity index (χ1n) is 11.0. The van der Waals surface area contributed by atoms with Crippen molar-refractivity contribution in [2.24, 2.45) is 0 Å². The molecular weight excluding hydrogens is 434 g/mol. The maximum absolute atomic E-state index is 5.96. The molecule has 0 spiro atoms. The summed E-state index contributed by atoms with van der Waals surface area (Å²) in [5.74, 6) is 1.94. The minimum absolute atomic E-state index is 0.196. The fourth-order valence-corrected chi connectivity index (χ4v) is 4.96. The zero-order valence-electron chi connectivity index (χ0n) is 18.9. The molecule has 170 valence electrons. The molecule has 0 saturated carbocycles. The van der Waals surface area contributed by atoms with Crippen LogP contribution < -0.4 is 16.4 Å². The molecule has 10 heteroatoms. The van der Waals surface area contributed by atoms with Crippen LogP contribution in [-0.2, 0) is 0 Å². The highest BCUT2D eigenvalue weighted by molar-refractivity contribution is 7.16. The zero-order chi connectivity index (χ0) is 22.9. The lowest BCUT2D eigenvalue weighted by Crippen LogP contribution is -2.50. The van der Waals surface area contributed by atoms with Gasteiger partial charge in [-0.05, 0) is 50.6 Å². The summed E-state index contributed by atoms with van der Waals surface area (Å²) >= 11 is 1.62. The van der Waals surface area contributed by atoms with Crippen LogP contribution in [0.25, 0.3) is 21.6 Å². The number of thiazole rings is 1. The van der Waals surface area contributed by atoms with Crippen molar-refractivity contribution < 1.29 is 0 Å². The maximum Gasteiger partial charge on any atom is 0.223 e. The summed E-state index contributed by atoms with van der Waals surface area (Å²) in [5.41, 5.74) is 11.6. The van der Waals surface area contributed by atoms with E-state index in [4.69, 9.17) is 10.7 Å². The Labute approximate surface area is 196 Å². The van der Waals surface area contributed by atoms with Gasteiger partial charge in [0.1, 0.15) is 11.6 Å². The van der Waals surface area contributed by atoms with Crippen molar-refractivity contribution in [2.75, 3.05) is 30.7 Å². The summed E-state index contributed by atoms with van der Waals surface area (Å²) in [6, 6.07) is 8.86. The Bertz CT molecular complexity index is 1270. The highest BCUT2D eigenvalue weighted by Gasteiger charge is 2.25. The number of hydrogen-bond acceptors (Lipinski definition) is 10. The Morgan fingerprint density at radius 3 is 2.91 bits per heavy atom. The van der Waals surface area contributed by atoms with E-state index in [1.54, 1.807) is 11.3 Å². The third-order valence-electron chi connectivity index (χ3n) is 6.04. The van der Waals surface area contributed by atoms with Gasteiger partial charge in [0.05, 0.1) is 21.3 Å². The summed E-state index contributed by atoms with van der Waals surface area (Å²) in [4.78, 5) is 24.8. The van der Waals surface area contributed by atoms with E-state index in [2.05, 4.69) is 61.4 Å². The van der Waals surface area contributed by atoms with Crippen LogP contribution in [0.5, 0.6) is 0 Å². The lowest BCUT2D eigenvalue weighted by molar-refractivity contribution is 0.126. The topological polar surface area (TPSA) is 118 Å². The molecule has 3 aromatic heterocycles. The first kappa shape index (κ1) is 21.6. The molecule has 1 aromatic carbocycles. The van der Waals surface area contributed by atoms with E-state index < -0.39 is 0 Å². The normalized spacial score (nSPS) is 17.8. The van der Waals surface area contributed by atoms with Gasteiger partial charge in [0.15, 0.2) is 5.82 Å². The van der Waals surface area contributed by atoms with Crippen LogP contribution in [0.2, 0.25) is 0 Å². The zero-order valence-corrected chi connectivity index (χ0v) is 19.7. The molecule has 4 heterocycles. The fourth-order valence-electron chi connectivity index (χ4n) is 4.30. The van der Waals surface area contributed by atoms with Crippen molar-refractivity contribution in [2.45, 2.75) is 32.9 Å². The number of piperazine rings is 1. The Hall–Kier alpha value is -3.21. The van der Waals surface area contributed by atoms with Crippen LogP contribution in [0.15, 0.2) is 36.0 Å². The van der Waals surface area contributed by atoms with Gasteiger partial charge in [-0.3, -0.25) is 4.90 Å². The smallest absolute Gasteiger partial charge is 0.223 e. The van der Waals surface area contributed by atoms with Gasteiger partial charge in [-0.2, -0.15) is 9.97 Å². The molecule has 0 aliphatic carbocycles. The number of hydrogen-bond donors (Lipinski definition) is 3. The molecular formula is C23H27N9S. The van der Waals surface area contributed by atoms with Gasteiger partial charge >= 0.3 is 0 Å². The standard InChI is InChI=1S/C23H27N9S/c1-13-10-25-6-7-32(13)14(2)16-8-18(22-28-15(3)29-23(24)31-22)21(26-11-16)30-17-4-5-20-19(9-17)27-12-33-20/h4-5,8-9,11-14,25H,6-7,10H2,1-3H3,(H,26,30)(H2,24,28,29,31)/t13-,14+/m0/s1. The molecule has 1 fully saturated rings. The van der Waals surface area contributed by atoms with Crippen LogP contribution in [0.3, 0.4) is 0 Å². The van der Waals surface area contributed by atoms with E-state index in [1.165, 1.54) is 0 Å². The van der Waals surface area contributed by atoms with Crippen LogP contribution in [-0.4, -0.2) is 55.5 Å². The van der Waals surface area contributed by atoms with Crippen molar-refractivity contribution in [3.05, 3.63) is 47.4 Å². The summed E-state index contributed by atoms with van der Waals surface area (Å²) < 4.78 is 1.14. The fraction of sp³-hybridized carbons (Fsp3) is 0.348.